The summed E-state index contributed by atoms with van der Waals surface area (Å²) in [6.45, 7) is 2.73. The molecule has 4 rings (SSSR count). The molecule has 3 aliphatic rings. The molecule has 2 N–H and O–H groups in total. The van der Waals surface area contributed by atoms with Crippen LogP contribution in [0.4, 0.5) is 5.69 Å². The molecule has 25 heavy (non-hydrogen) atoms. The molecule has 2 saturated carbocycles. The second-order valence-electron chi connectivity index (χ2n) is 7.65. The van der Waals surface area contributed by atoms with Crippen molar-refractivity contribution >= 4 is 40.1 Å². The maximum Gasteiger partial charge on any atom is 0.242 e. The number of nitrogens with one attached hydrogen (secondary N) is 2. The number of hydrogen-bond acceptors (Lipinski definition) is 4. The molecule has 2 bridgehead atoms. The number of benzene rings is 1. The van der Waals surface area contributed by atoms with Crippen molar-refractivity contribution in [1.82, 2.24) is 5.32 Å². The lowest BCUT2D eigenvalue weighted by Gasteiger charge is -2.20. The molecule has 0 radical (unpaired) electrons. The lowest BCUT2D eigenvalue weighted by atomic mass is 9.96. The summed E-state index contributed by atoms with van der Waals surface area (Å²) < 4.78 is -0.456. The van der Waals surface area contributed by atoms with Crippen LogP contribution in [0.15, 0.2) is 29.3 Å². The highest BCUT2D eigenvalue weighted by molar-refractivity contribution is 8.16. The first-order valence-electron chi connectivity index (χ1n) is 9.09. The monoisotopic (exact) mass is 377 g/mol. The largest absolute Gasteiger partial charge is 0.385 e. The Bertz CT molecular complexity index is 710. The summed E-state index contributed by atoms with van der Waals surface area (Å²) in [6.07, 6.45) is 5.97. The van der Waals surface area contributed by atoms with E-state index in [4.69, 9.17) is 16.6 Å². The predicted molar refractivity (Wildman–Crippen MR) is 105 cm³/mol. The smallest absolute Gasteiger partial charge is 0.242 e. The van der Waals surface area contributed by atoms with Gasteiger partial charge >= 0.3 is 0 Å². The highest BCUT2D eigenvalue weighted by Gasteiger charge is 2.44. The summed E-state index contributed by atoms with van der Waals surface area (Å²) in [5.41, 5.74) is 0.982. The van der Waals surface area contributed by atoms with E-state index in [1.165, 1.54) is 25.7 Å². The van der Waals surface area contributed by atoms with E-state index in [1.54, 1.807) is 11.8 Å². The number of rotatable bonds is 5. The molecule has 1 aromatic carbocycles. The van der Waals surface area contributed by atoms with Gasteiger partial charge in [-0.2, -0.15) is 0 Å². The van der Waals surface area contributed by atoms with E-state index in [1.807, 2.05) is 31.2 Å². The third-order valence-corrected chi connectivity index (χ3v) is 7.24. The van der Waals surface area contributed by atoms with Crippen LogP contribution in [0.3, 0.4) is 0 Å². The average Bonchev–Trinajstić information content (AvgIpc) is 3.23. The molecule has 4 unspecified atom stereocenters. The molecule has 1 amide bonds. The number of fused-ring (bicyclic) bond motifs is 2. The molecule has 1 saturated heterocycles. The standard InChI is InChI=1S/C19H24ClN3OS/c1-19(7-8-21-15-4-2-3-14(20)11-15)17(24)23-18(25-19)22-16-10-12-5-6-13(16)9-12/h2-4,11-13,16,21H,5-10H2,1H3,(H,22,23,24). The molecular weight excluding hydrogens is 354 g/mol. The van der Waals surface area contributed by atoms with Gasteiger partial charge in [-0.3, -0.25) is 9.79 Å². The second-order valence-corrected chi connectivity index (χ2v) is 9.58. The van der Waals surface area contributed by atoms with Crippen LogP contribution in [0.5, 0.6) is 0 Å². The van der Waals surface area contributed by atoms with E-state index in [0.29, 0.717) is 11.1 Å². The zero-order valence-electron chi connectivity index (χ0n) is 14.4. The van der Waals surface area contributed by atoms with Crippen molar-refractivity contribution in [2.45, 2.75) is 49.8 Å². The van der Waals surface area contributed by atoms with Crippen LogP contribution in [0.1, 0.15) is 39.0 Å². The Kier molecular flexibility index (Phi) is 4.71. The molecule has 4 nitrogen and oxygen atoms in total. The number of nitrogens with zero attached hydrogens (tertiary/aromatic N) is 1. The molecule has 1 aromatic rings. The normalized spacial score (nSPS) is 35.4. The van der Waals surface area contributed by atoms with Gasteiger partial charge in [-0.1, -0.05) is 35.9 Å². The van der Waals surface area contributed by atoms with E-state index in [2.05, 4.69) is 10.6 Å². The fourth-order valence-electron chi connectivity index (χ4n) is 4.30. The molecule has 0 aromatic heterocycles. The van der Waals surface area contributed by atoms with Gasteiger partial charge < -0.3 is 10.6 Å². The summed E-state index contributed by atoms with van der Waals surface area (Å²) in [4.78, 5) is 17.4. The Morgan fingerprint density at radius 2 is 2.28 bits per heavy atom. The number of hydrogen-bond donors (Lipinski definition) is 2. The first kappa shape index (κ1) is 17.2. The van der Waals surface area contributed by atoms with Crippen molar-refractivity contribution < 1.29 is 4.79 Å². The minimum atomic E-state index is -0.456. The SMILES string of the molecule is CC1(CCNc2cccc(Cl)c2)SC(=NC2CC3CCC2C3)NC1=O. The Labute approximate surface area is 158 Å². The van der Waals surface area contributed by atoms with Gasteiger partial charge in [-0.25, -0.2) is 0 Å². The summed E-state index contributed by atoms with van der Waals surface area (Å²) in [6, 6.07) is 8.08. The van der Waals surface area contributed by atoms with E-state index in [0.717, 1.165) is 35.7 Å². The minimum absolute atomic E-state index is 0.0762. The lowest BCUT2D eigenvalue weighted by molar-refractivity contribution is -0.121. The number of halogens is 1. The number of thioether (sulfide) groups is 1. The zero-order chi connectivity index (χ0) is 17.4. The van der Waals surface area contributed by atoms with Crippen LogP contribution in [0.25, 0.3) is 0 Å². The van der Waals surface area contributed by atoms with Gasteiger partial charge in [0.05, 0.1) is 6.04 Å². The van der Waals surface area contributed by atoms with Gasteiger partial charge in [0.25, 0.3) is 0 Å². The lowest BCUT2D eigenvalue weighted by Crippen LogP contribution is -2.35. The van der Waals surface area contributed by atoms with Crippen LogP contribution in [0.2, 0.25) is 5.02 Å². The number of anilines is 1. The first-order valence-corrected chi connectivity index (χ1v) is 10.3. The number of amidine groups is 1. The van der Waals surface area contributed by atoms with Gasteiger partial charge in [0.15, 0.2) is 5.17 Å². The molecule has 4 atom stereocenters. The maximum absolute atomic E-state index is 12.5. The number of amides is 1. The van der Waals surface area contributed by atoms with Crippen molar-refractivity contribution in [2.75, 3.05) is 11.9 Å². The summed E-state index contributed by atoms with van der Waals surface area (Å²) >= 11 is 7.60. The number of carbonyl (C=O) groups is 1. The van der Waals surface area contributed by atoms with E-state index < -0.39 is 4.75 Å². The van der Waals surface area contributed by atoms with Crippen molar-refractivity contribution in [2.24, 2.45) is 16.8 Å². The summed E-state index contributed by atoms with van der Waals surface area (Å²) in [5, 5.41) is 7.90. The van der Waals surface area contributed by atoms with Gasteiger partial charge in [0, 0.05) is 17.3 Å². The highest BCUT2D eigenvalue weighted by atomic mass is 35.5. The van der Waals surface area contributed by atoms with Crippen LogP contribution in [-0.2, 0) is 4.79 Å². The molecule has 0 spiro atoms. The van der Waals surface area contributed by atoms with Crippen LogP contribution < -0.4 is 10.6 Å². The Morgan fingerprint density at radius 3 is 3.00 bits per heavy atom. The molecule has 1 heterocycles. The molecule has 6 heteroatoms. The van der Waals surface area contributed by atoms with Crippen molar-refractivity contribution in [1.29, 1.82) is 0 Å². The molecule has 3 fully saturated rings. The van der Waals surface area contributed by atoms with Crippen LogP contribution in [0, 0.1) is 11.8 Å². The van der Waals surface area contributed by atoms with Gasteiger partial charge in [-0.15, -0.1) is 0 Å². The summed E-state index contributed by atoms with van der Waals surface area (Å²) in [5.74, 6) is 1.69. The maximum atomic E-state index is 12.5. The number of aliphatic imine (C=N–C) groups is 1. The Hall–Kier alpha value is -1.20. The van der Waals surface area contributed by atoms with Crippen molar-refractivity contribution in [3.63, 3.8) is 0 Å². The van der Waals surface area contributed by atoms with E-state index >= 15 is 0 Å². The second kappa shape index (κ2) is 6.84. The Morgan fingerprint density at radius 1 is 1.40 bits per heavy atom. The summed E-state index contributed by atoms with van der Waals surface area (Å²) in [7, 11) is 0. The molecule has 2 aliphatic carbocycles. The third kappa shape index (κ3) is 3.68. The van der Waals surface area contributed by atoms with Gasteiger partial charge in [-0.05, 0) is 62.6 Å². The van der Waals surface area contributed by atoms with Crippen LogP contribution >= 0.6 is 23.4 Å². The molecular formula is C19H24ClN3OS. The van der Waals surface area contributed by atoms with Crippen LogP contribution in [-0.4, -0.2) is 28.4 Å². The van der Waals surface area contributed by atoms with Crippen molar-refractivity contribution in [3.05, 3.63) is 29.3 Å². The number of carbonyl (C=O) groups excluding carboxylic acids is 1. The zero-order valence-corrected chi connectivity index (χ0v) is 16.0. The molecule has 1 aliphatic heterocycles. The van der Waals surface area contributed by atoms with Gasteiger partial charge in [0.1, 0.15) is 4.75 Å². The Balaban J connectivity index is 1.34. The van der Waals surface area contributed by atoms with Gasteiger partial charge in [0.2, 0.25) is 5.91 Å². The van der Waals surface area contributed by atoms with Crippen molar-refractivity contribution in [3.8, 4) is 0 Å². The quantitative estimate of drug-likeness (QED) is 0.803. The van der Waals surface area contributed by atoms with E-state index in [-0.39, 0.29) is 5.91 Å². The predicted octanol–water partition coefficient (Wildman–Crippen LogP) is 4.31. The fourth-order valence-corrected chi connectivity index (χ4v) is 5.60. The fraction of sp³-hybridized carbons (Fsp3) is 0.579. The first-order chi connectivity index (χ1) is 12.0. The third-order valence-electron chi connectivity index (χ3n) is 5.76. The topological polar surface area (TPSA) is 53.5 Å². The minimum Gasteiger partial charge on any atom is -0.385 e. The average molecular weight is 378 g/mol. The van der Waals surface area contributed by atoms with E-state index in [9.17, 15) is 4.79 Å². The molecule has 134 valence electrons. The highest BCUT2D eigenvalue weighted by Crippen LogP contribution is 2.46.